The molecular weight excluding hydrogens is 200 g/mol. The highest BCUT2D eigenvalue weighted by molar-refractivity contribution is 5.54. The summed E-state index contributed by atoms with van der Waals surface area (Å²) in [4.78, 5) is 2.44. The first-order valence-corrected chi connectivity index (χ1v) is 5.93. The van der Waals surface area contributed by atoms with Crippen LogP contribution >= 0.6 is 0 Å². The van der Waals surface area contributed by atoms with Crippen LogP contribution in [0.15, 0.2) is 24.3 Å². The fraction of sp³-hybridized carbons (Fsp3) is 0.538. The largest absolute Gasteiger partial charge is 0.377 e. The van der Waals surface area contributed by atoms with Crippen molar-refractivity contribution >= 4 is 5.69 Å². The van der Waals surface area contributed by atoms with Crippen LogP contribution in [-0.4, -0.2) is 32.3 Å². The Bertz CT molecular complexity index is 338. The Morgan fingerprint density at radius 2 is 2.25 bits per heavy atom. The maximum Gasteiger partial charge on any atom is 0.0671 e. The average molecular weight is 220 g/mol. The number of nitrogens with zero attached hydrogens (tertiary/aromatic N) is 1. The minimum absolute atomic E-state index is 0.430. The van der Waals surface area contributed by atoms with E-state index in [-0.39, 0.29) is 0 Å². The molecule has 16 heavy (non-hydrogen) atoms. The Morgan fingerprint density at radius 1 is 1.44 bits per heavy atom. The van der Waals surface area contributed by atoms with Crippen LogP contribution in [0.1, 0.15) is 12.0 Å². The molecule has 2 N–H and O–H groups in total. The number of ether oxygens (including phenoxy) is 1. The van der Waals surface area contributed by atoms with Gasteiger partial charge in [-0.05, 0) is 31.5 Å². The zero-order chi connectivity index (χ0) is 11.4. The number of para-hydroxylation sites is 1. The summed E-state index contributed by atoms with van der Waals surface area (Å²) >= 11 is 0. The molecule has 0 amide bonds. The molecular formula is C13H20N2O. The summed E-state index contributed by atoms with van der Waals surface area (Å²) < 4.78 is 5.53. The van der Waals surface area contributed by atoms with E-state index in [1.54, 1.807) is 0 Å². The lowest BCUT2D eigenvalue weighted by Crippen LogP contribution is -2.46. The number of rotatable bonds is 3. The number of nitrogens with two attached hydrogens (primary N) is 1. The minimum atomic E-state index is 0.430. The van der Waals surface area contributed by atoms with E-state index in [1.165, 1.54) is 11.3 Å². The van der Waals surface area contributed by atoms with Gasteiger partial charge in [-0.25, -0.2) is 0 Å². The van der Waals surface area contributed by atoms with Gasteiger partial charge < -0.3 is 15.4 Å². The van der Waals surface area contributed by atoms with E-state index in [9.17, 15) is 0 Å². The summed E-state index contributed by atoms with van der Waals surface area (Å²) in [6, 6.07) is 8.95. The molecule has 0 spiro atoms. The Kier molecular flexibility index (Phi) is 3.80. The zero-order valence-electron chi connectivity index (χ0n) is 9.86. The SMILES string of the molecule is Cc1ccccc1N1CCOCC1CCN. The van der Waals surface area contributed by atoms with Crippen molar-refractivity contribution in [1.82, 2.24) is 0 Å². The maximum atomic E-state index is 5.66. The normalized spacial score (nSPS) is 21.1. The predicted molar refractivity (Wildman–Crippen MR) is 66.8 cm³/mol. The second-order valence-corrected chi connectivity index (χ2v) is 4.29. The van der Waals surface area contributed by atoms with Gasteiger partial charge in [0.1, 0.15) is 0 Å². The van der Waals surface area contributed by atoms with Crippen molar-refractivity contribution in [3.63, 3.8) is 0 Å². The van der Waals surface area contributed by atoms with Gasteiger partial charge in [0.2, 0.25) is 0 Å². The standard InChI is InChI=1S/C13H20N2O/c1-11-4-2-3-5-13(11)15-8-9-16-10-12(15)6-7-14/h2-5,12H,6-10,14H2,1H3. The van der Waals surface area contributed by atoms with Gasteiger partial charge in [0.15, 0.2) is 0 Å². The van der Waals surface area contributed by atoms with E-state index in [0.29, 0.717) is 6.04 Å². The fourth-order valence-electron chi connectivity index (χ4n) is 2.29. The van der Waals surface area contributed by atoms with Crippen LogP contribution in [0.3, 0.4) is 0 Å². The number of aryl methyl sites for hydroxylation is 1. The van der Waals surface area contributed by atoms with Gasteiger partial charge in [-0.3, -0.25) is 0 Å². The minimum Gasteiger partial charge on any atom is -0.377 e. The van der Waals surface area contributed by atoms with Crippen LogP contribution in [0.25, 0.3) is 0 Å². The Labute approximate surface area is 97.2 Å². The monoisotopic (exact) mass is 220 g/mol. The molecule has 1 aromatic rings. The van der Waals surface area contributed by atoms with Gasteiger partial charge in [0, 0.05) is 12.2 Å². The van der Waals surface area contributed by atoms with Crippen molar-refractivity contribution < 1.29 is 4.74 Å². The van der Waals surface area contributed by atoms with Crippen LogP contribution in [0.2, 0.25) is 0 Å². The van der Waals surface area contributed by atoms with E-state index < -0.39 is 0 Å². The van der Waals surface area contributed by atoms with Crippen molar-refractivity contribution in [3.8, 4) is 0 Å². The molecule has 0 bridgehead atoms. The summed E-state index contributed by atoms with van der Waals surface area (Å²) in [7, 11) is 0. The van der Waals surface area contributed by atoms with Crippen LogP contribution in [0.5, 0.6) is 0 Å². The second kappa shape index (κ2) is 5.32. The predicted octanol–water partition coefficient (Wildman–Crippen LogP) is 1.55. The molecule has 3 nitrogen and oxygen atoms in total. The van der Waals surface area contributed by atoms with Gasteiger partial charge in [-0.15, -0.1) is 0 Å². The van der Waals surface area contributed by atoms with Crippen molar-refractivity contribution in [3.05, 3.63) is 29.8 Å². The Balaban J connectivity index is 2.19. The van der Waals surface area contributed by atoms with E-state index in [2.05, 4.69) is 36.1 Å². The summed E-state index contributed by atoms with van der Waals surface area (Å²) in [5.74, 6) is 0. The van der Waals surface area contributed by atoms with Crippen molar-refractivity contribution in [2.75, 3.05) is 31.2 Å². The number of benzene rings is 1. The molecule has 1 saturated heterocycles. The first-order chi connectivity index (χ1) is 7.83. The molecule has 1 aliphatic heterocycles. The van der Waals surface area contributed by atoms with Gasteiger partial charge in [-0.2, -0.15) is 0 Å². The van der Waals surface area contributed by atoms with Crippen LogP contribution in [0, 0.1) is 6.92 Å². The number of hydrogen-bond acceptors (Lipinski definition) is 3. The van der Waals surface area contributed by atoms with Crippen molar-refractivity contribution in [1.29, 1.82) is 0 Å². The first kappa shape index (κ1) is 11.4. The molecule has 1 aromatic carbocycles. The van der Waals surface area contributed by atoms with Gasteiger partial charge in [0.25, 0.3) is 0 Å². The number of hydrogen-bond donors (Lipinski definition) is 1. The highest BCUT2D eigenvalue weighted by Gasteiger charge is 2.23. The third-order valence-electron chi connectivity index (χ3n) is 3.15. The Morgan fingerprint density at radius 3 is 3.00 bits per heavy atom. The highest BCUT2D eigenvalue weighted by atomic mass is 16.5. The smallest absolute Gasteiger partial charge is 0.0671 e. The first-order valence-electron chi connectivity index (χ1n) is 5.93. The van der Waals surface area contributed by atoms with Crippen LogP contribution in [-0.2, 0) is 4.74 Å². The molecule has 88 valence electrons. The molecule has 1 heterocycles. The molecule has 0 aromatic heterocycles. The van der Waals surface area contributed by atoms with Crippen LogP contribution < -0.4 is 10.6 Å². The molecule has 3 heteroatoms. The molecule has 2 rings (SSSR count). The Hall–Kier alpha value is -1.06. The average Bonchev–Trinajstić information content (AvgIpc) is 2.31. The topological polar surface area (TPSA) is 38.5 Å². The lowest BCUT2D eigenvalue weighted by Gasteiger charge is -2.38. The lowest BCUT2D eigenvalue weighted by molar-refractivity contribution is 0.0922. The molecule has 0 saturated carbocycles. The van der Waals surface area contributed by atoms with Crippen molar-refractivity contribution in [2.24, 2.45) is 5.73 Å². The summed E-state index contributed by atoms with van der Waals surface area (Å²) in [6.45, 7) is 5.46. The molecule has 1 atom stereocenters. The van der Waals surface area contributed by atoms with E-state index in [0.717, 1.165) is 32.7 Å². The van der Waals surface area contributed by atoms with E-state index in [4.69, 9.17) is 10.5 Å². The van der Waals surface area contributed by atoms with E-state index in [1.807, 2.05) is 0 Å². The third kappa shape index (κ3) is 2.36. The molecule has 0 radical (unpaired) electrons. The molecule has 1 aliphatic rings. The quantitative estimate of drug-likeness (QED) is 0.840. The highest BCUT2D eigenvalue weighted by Crippen LogP contribution is 2.24. The van der Waals surface area contributed by atoms with Gasteiger partial charge >= 0.3 is 0 Å². The third-order valence-corrected chi connectivity index (χ3v) is 3.15. The molecule has 0 aliphatic carbocycles. The maximum absolute atomic E-state index is 5.66. The number of anilines is 1. The second-order valence-electron chi connectivity index (χ2n) is 4.29. The van der Waals surface area contributed by atoms with Crippen molar-refractivity contribution in [2.45, 2.75) is 19.4 Å². The fourth-order valence-corrected chi connectivity index (χ4v) is 2.29. The van der Waals surface area contributed by atoms with Gasteiger partial charge in [0.05, 0.1) is 19.3 Å². The molecule has 1 fully saturated rings. The van der Waals surface area contributed by atoms with E-state index >= 15 is 0 Å². The van der Waals surface area contributed by atoms with Crippen LogP contribution in [0.4, 0.5) is 5.69 Å². The molecule has 1 unspecified atom stereocenters. The summed E-state index contributed by atoms with van der Waals surface area (Å²) in [5.41, 5.74) is 8.30. The number of morpholine rings is 1. The summed E-state index contributed by atoms with van der Waals surface area (Å²) in [5, 5.41) is 0. The summed E-state index contributed by atoms with van der Waals surface area (Å²) in [6.07, 6.45) is 0.994. The lowest BCUT2D eigenvalue weighted by atomic mass is 10.1. The zero-order valence-corrected chi connectivity index (χ0v) is 9.86. The van der Waals surface area contributed by atoms with Gasteiger partial charge in [-0.1, -0.05) is 18.2 Å².